The number of amides is 1. The third kappa shape index (κ3) is 4.12. The van der Waals surface area contributed by atoms with Crippen molar-refractivity contribution < 1.29 is 4.79 Å². The van der Waals surface area contributed by atoms with E-state index in [4.69, 9.17) is 0 Å². The summed E-state index contributed by atoms with van der Waals surface area (Å²) in [5.74, 6) is -0.255. The van der Waals surface area contributed by atoms with E-state index in [1.54, 1.807) is 24.0 Å². The zero-order valence-electron chi connectivity index (χ0n) is 14.8. The van der Waals surface area contributed by atoms with Gasteiger partial charge in [0.2, 0.25) is 0 Å². The number of rotatable bonds is 5. The number of hydrogen-bond acceptors (Lipinski definition) is 4. The van der Waals surface area contributed by atoms with Gasteiger partial charge < -0.3 is 0 Å². The van der Waals surface area contributed by atoms with E-state index in [0.29, 0.717) is 10.8 Å². The molecule has 0 aliphatic rings. The highest BCUT2D eigenvalue weighted by molar-refractivity contribution is 7.14. The molecule has 6 heteroatoms. The second kappa shape index (κ2) is 7.55. The van der Waals surface area contributed by atoms with Gasteiger partial charge in [0.25, 0.3) is 5.91 Å². The highest BCUT2D eigenvalue weighted by atomic mass is 32.1. The highest BCUT2D eigenvalue weighted by Crippen LogP contribution is 2.26. The number of anilines is 1. The zero-order valence-corrected chi connectivity index (χ0v) is 15.6. The van der Waals surface area contributed by atoms with Crippen LogP contribution in [0, 0.1) is 0 Å². The van der Waals surface area contributed by atoms with Crippen molar-refractivity contribution in [3.05, 3.63) is 89.1 Å². The molecule has 2 aromatic heterocycles. The lowest BCUT2D eigenvalue weighted by atomic mass is 10.0. The number of hydrogen-bond donors (Lipinski definition) is 1. The second-order valence-electron chi connectivity index (χ2n) is 6.23. The van der Waals surface area contributed by atoms with Crippen LogP contribution in [0.1, 0.15) is 21.6 Å². The molecule has 0 fully saturated rings. The lowest BCUT2D eigenvalue weighted by molar-refractivity contribution is 0.102. The molecule has 134 valence electrons. The molecule has 2 aromatic carbocycles. The molecule has 1 N–H and O–H groups in total. The zero-order chi connectivity index (χ0) is 18.6. The maximum Gasteiger partial charge on any atom is 0.277 e. The molecular weight excluding hydrogens is 356 g/mol. The average Bonchev–Trinajstić information content (AvgIpc) is 3.32. The average molecular weight is 374 g/mol. The van der Waals surface area contributed by atoms with E-state index in [1.165, 1.54) is 22.5 Å². The minimum absolute atomic E-state index is 0.255. The fourth-order valence-electron chi connectivity index (χ4n) is 2.79. The van der Waals surface area contributed by atoms with Crippen LogP contribution in [0.5, 0.6) is 0 Å². The molecule has 0 aliphatic heterocycles. The van der Waals surface area contributed by atoms with Gasteiger partial charge >= 0.3 is 0 Å². The van der Waals surface area contributed by atoms with E-state index in [-0.39, 0.29) is 5.91 Å². The van der Waals surface area contributed by atoms with Crippen LogP contribution in [0.2, 0.25) is 0 Å². The minimum Gasteiger partial charge on any atom is -0.296 e. The summed E-state index contributed by atoms with van der Waals surface area (Å²) in [5.41, 5.74) is 4.80. The molecule has 0 radical (unpaired) electrons. The molecular formula is C21H18N4OS. The molecule has 0 saturated carbocycles. The summed E-state index contributed by atoms with van der Waals surface area (Å²) in [6, 6.07) is 20.4. The van der Waals surface area contributed by atoms with Crippen LogP contribution in [0.3, 0.4) is 0 Å². The Bertz CT molecular complexity index is 1050. The van der Waals surface area contributed by atoms with Crippen molar-refractivity contribution in [1.29, 1.82) is 0 Å². The first-order valence-corrected chi connectivity index (χ1v) is 9.45. The van der Waals surface area contributed by atoms with Crippen molar-refractivity contribution in [2.75, 3.05) is 5.32 Å². The van der Waals surface area contributed by atoms with Crippen LogP contribution in [0.15, 0.2) is 72.2 Å². The Balaban J connectivity index is 1.44. The number of aromatic nitrogens is 3. The predicted octanol–water partition coefficient (Wildman–Crippen LogP) is 4.39. The summed E-state index contributed by atoms with van der Waals surface area (Å²) in [6.45, 7) is 0. The van der Waals surface area contributed by atoms with Crippen molar-refractivity contribution >= 4 is 22.4 Å². The summed E-state index contributed by atoms with van der Waals surface area (Å²) in [5, 5.41) is 9.40. The lowest BCUT2D eigenvalue weighted by Gasteiger charge is -2.03. The van der Waals surface area contributed by atoms with Crippen molar-refractivity contribution in [3.63, 3.8) is 0 Å². The Kier molecular flexibility index (Phi) is 4.80. The van der Waals surface area contributed by atoms with Gasteiger partial charge in [0.15, 0.2) is 10.8 Å². The number of nitrogens with zero attached hydrogens (tertiary/aromatic N) is 3. The number of thiazole rings is 1. The van der Waals surface area contributed by atoms with E-state index in [1.807, 2.05) is 11.4 Å². The van der Waals surface area contributed by atoms with Gasteiger partial charge in [-0.25, -0.2) is 4.98 Å². The molecule has 2 heterocycles. The van der Waals surface area contributed by atoms with Crippen molar-refractivity contribution in [2.45, 2.75) is 6.42 Å². The van der Waals surface area contributed by atoms with Gasteiger partial charge in [0.05, 0.1) is 5.69 Å². The van der Waals surface area contributed by atoms with Crippen LogP contribution >= 0.6 is 11.3 Å². The van der Waals surface area contributed by atoms with Crippen molar-refractivity contribution in [3.8, 4) is 11.3 Å². The molecule has 0 atom stereocenters. The first-order valence-electron chi connectivity index (χ1n) is 8.57. The molecule has 0 aliphatic carbocycles. The van der Waals surface area contributed by atoms with Crippen molar-refractivity contribution in [1.82, 2.24) is 14.8 Å². The summed E-state index contributed by atoms with van der Waals surface area (Å²) >= 11 is 1.40. The van der Waals surface area contributed by atoms with Crippen LogP contribution in [-0.4, -0.2) is 20.7 Å². The smallest absolute Gasteiger partial charge is 0.277 e. The van der Waals surface area contributed by atoms with Gasteiger partial charge in [-0.1, -0.05) is 54.6 Å². The highest BCUT2D eigenvalue weighted by Gasteiger charge is 2.12. The summed E-state index contributed by atoms with van der Waals surface area (Å²) in [4.78, 5) is 16.7. The SMILES string of the molecule is Cn1ccc(C(=O)Nc2nc(-c3ccc(Cc4ccccc4)cc3)cs2)n1. The summed E-state index contributed by atoms with van der Waals surface area (Å²) in [7, 11) is 1.78. The second-order valence-corrected chi connectivity index (χ2v) is 7.08. The number of nitrogens with one attached hydrogen (secondary N) is 1. The summed E-state index contributed by atoms with van der Waals surface area (Å²) < 4.78 is 1.60. The molecule has 0 saturated heterocycles. The molecule has 0 spiro atoms. The summed E-state index contributed by atoms with van der Waals surface area (Å²) in [6.07, 6.45) is 2.64. The van der Waals surface area contributed by atoms with Crippen LogP contribution in [-0.2, 0) is 13.5 Å². The maximum absolute atomic E-state index is 12.2. The van der Waals surface area contributed by atoms with E-state index in [9.17, 15) is 4.79 Å². The first-order chi connectivity index (χ1) is 13.2. The van der Waals surface area contributed by atoms with Gasteiger partial charge in [0.1, 0.15) is 0 Å². The maximum atomic E-state index is 12.2. The normalized spacial score (nSPS) is 10.7. The topological polar surface area (TPSA) is 59.8 Å². The number of benzene rings is 2. The monoisotopic (exact) mass is 374 g/mol. The van der Waals surface area contributed by atoms with E-state index >= 15 is 0 Å². The van der Waals surface area contributed by atoms with Crippen LogP contribution in [0.25, 0.3) is 11.3 Å². The van der Waals surface area contributed by atoms with Crippen molar-refractivity contribution in [2.24, 2.45) is 7.05 Å². The molecule has 0 unspecified atom stereocenters. The Labute approximate surface area is 161 Å². The number of carbonyl (C=O) groups is 1. The third-order valence-corrected chi connectivity index (χ3v) is 4.93. The predicted molar refractivity (Wildman–Crippen MR) is 108 cm³/mol. The Morgan fingerprint density at radius 3 is 2.48 bits per heavy atom. The van der Waals surface area contributed by atoms with E-state index < -0.39 is 0 Å². The van der Waals surface area contributed by atoms with Crippen LogP contribution < -0.4 is 5.32 Å². The Morgan fingerprint density at radius 2 is 1.78 bits per heavy atom. The lowest BCUT2D eigenvalue weighted by Crippen LogP contribution is -2.12. The van der Waals surface area contributed by atoms with Crippen LogP contribution in [0.4, 0.5) is 5.13 Å². The van der Waals surface area contributed by atoms with Gasteiger partial charge in [-0.05, 0) is 23.6 Å². The standard InChI is InChI=1S/C21H18N4OS/c1-25-12-11-18(24-25)20(26)23-21-22-19(14-27-21)17-9-7-16(8-10-17)13-15-5-3-2-4-6-15/h2-12,14H,13H2,1H3,(H,22,23,26). The fourth-order valence-corrected chi connectivity index (χ4v) is 3.50. The van der Waals surface area contributed by atoms with E-state index in [0.717, 1.165) is 17.7 Å². The quantitative estimate of drug-likeness (QED) is 0.564. The van der Waals surface area contributed by atoms with E-state index in [2.05, 4.69) is 63.9 Å². The minimum atomic E-state index is -0.255. The molecule has 1 amide bonds. The van der Waals surface area contributed by atoms with Gasteiger partial charge in [-0.15, -0.1) is 11.3 Å². The third-order valence-electron chi connectivity index (χ3n) is 4.17. The molecule has 27 heavy (non-hydrogen) atoms. The Morgan fingerprint density at radius 1 is 1.04 bits per heavy atom. The first kappa shape index (κ1) is 17.2. The largest absolute Gasteiger partial charge is 0.296 e. The van der Waals surface area contributed by atoms with Gasteiger partial charge in [-0.2, -0.15) is 5.10 Å². The number of carbonyl (C=O) groups excluding carboxylic acids is 1. The van der Waals surface area contributed by atoms with Gasteiger partial charge in [0, 0.05) is 24.2 Å². The molecule has 4 aromatic rings. The fraction of sp³-hybridized carbons (Fsp3) is 0.0952. The molecule has 0 bridgehead atoms. The molecule has 5 nitrogen and oxygen atoms in total. The molecule has 4 rings (SSSR count). The van der Waals surface area contributed by atoms with Gasteiger partial charge in [-0.3, -0.25) is 14.8 Å². The Hall–Kier alpha value is -3.25. The number of aryl methyl sites for hydroxylation is 1.